The Balaban J connectivity index is 1.90. The number of carbonyl (C=O) groups excluding carboxylic acids is 1. The predicted octanol–water partition coefficient (Wildman–Crippen LogP) is 1.95. The van der Waals surface area contributed by atoms with Gasteiger partial charge < -0.3 is 9.64 Å². The zero-order chi connectivity index (χ0) is 18.2. The van der Waals surface area contributed by atoms with Crippen LogP contribution < -0.4 is 4.74 Å². The summed E-state index contributed by atoms with van der Waals surface area (Å²) in [5.41, 5.74) is 0.995. The number of amides is 1. The highest BCUT2D eigenvalue weighted by molar-refractivity contribution is 8.15. The molecule has 1 amide bonds. The molecule has 2 aliphatic heterocycles. The van der Waals surface area contributed by atoms with Crippen molar-refractivity contribution in [3.63, 3.8) is 0 Å². The molecule has 0 aromatic heterocycles. The molecule has 0 spiro atoms. The van der Waals surface area contributed by atoms with Crippen LogP contribution >= 0.6 is 11.8 Å². The molecule has 2 fully saturated rings. The number of hydrogen-bond donors (Lipinski definition) is 0. The van der Waals surface area contributed by atoms with Crippen LogP contribution in [-0.2, 0) is 21.2 Å². The number of benzene rings is 1. The molecule has 136 valence electrons. The average molecular weight is 383 g/mol. The first-order valence-electron chi connectivity index (χ1n) is 8.18. The molecule has 0 bridgehead atoms. The van der Waals surface area contributed by atoms with Crippen molar-refractivity contribution in [2.75, 3.05) is 18.6 Å². The number of aliphatic imine (C=N–C) groups is 1. The minimum Gasteiger partial charge on any atom is -0.497 e. The van der Waals surface area contributed by atoms with Gasteiger partial charge in [-0.15, -0.1) is 0 Å². The van der Waals surface area contributed by atoms with Crippen LogP contribution in [0.2, 0.25) is 0 Å². The van der Waals surface area contributed by atoms with E-state index < -0.39 is 9.84 Å². The van der Waals surface area contributed by atoms with E-state index in [0.717, 1.165) is 11.3 Å². The first-order chi connectivity index (χ1) is 11.8. The summed E-state index contributed by atoms with van der Waals surface area (Å²) < 4.78 is 29.3. The lowest BCUT2D eigenvalue weighted by molar-refractivity contribution is -0.120. The van der Waals surface area contributed by atoms with Crippen molar-refractivity contribution in [1.29, 1.82) is 0 Å². The van der Waals surface area contributed by atoms with Crippen LogP contribution in [0.3, 0.4) is 0 Å². The summed E-state index contributed by atoms with van der Waals surface area (Å²) in [6.07, 6.45) is 0. The summed E-state index contributed by atoms with van der Waals surface area (Å²) in [6.45, 7) is 4.12. The predicted molar refractivity (Wildman–Crippen MR) is 99.6 cm³/mol. The molecule has 8 heteroatoms. The second-order valence-electron chi connectivity index (χ2n) is 6.67. The third-order valence-electron chi connectivity index (χ3n) is 4.36. The van der Waals surface area contributed by atoms with Crippen LogP contribution in [-0.4, -0.2) is 54.3 Å². The molecule has 3 rings (SSSR count). The van der Waals surface area contributed by atoms with Crippen LogP contribution in [0.5, 0.6) is 5.75 Å². The van der Waals surface area contributed by atoms with Gasteiger partial charge in [-0.2, -0.15) is 4.99 Å². The number of thioether (sulfide) groups is 1. The molecule has 2 aliphatic rings. The summed E-state index contributed by atoms with van der Waals surface area (Å²) in [5, 5.41) is 0.570. The zero-order valence-corrected chi connectivity index (χ0v) is 16.1. The van der Waals surface area contributed by atoms with Gasteiger partial charge in [-0.1, -0.05) is 37.7 Å². The minimum absolute atomic E-state index is 0.0608. The van der Waals surface area contributed by atoms with Gasteiger partial charge in [-0.3, -0.25) is 4.79 Å². The fraction of sp³-hybridized carbons (Fsp3) is 0.529. The van der Waals surface area contributed by atoms with Crippen molar-refractivity contribution in [1.82, 2.24) is 4.90 Å². The maximum Gasteiger partial charge on any atom is 0.250 e. The fourth-order valence-corrected chi connectivity index (χ4v) is 6.97. The summed E-state index contributed by atoms with van der Waals surface area (Å²) in [4.78, 5) is 18.3. The summed E-state index contributed by atoms with van der Waals surface area (Å²) in [7, 11) is -1.43. The van der Waals surface area contributed by atoms with Crippen LogP contribution in [0.1, 0.15) is 19.4 Å². The Morgan fingerprint density at radius 3 is 2.84 bits per heavy atom. The molecular formula is C17H22N2O4S2. The van der Waals surface area contributed by atoms with Crippen molar-refractivity contribution >= 4 is 32.7 Å². The highest BCUT2D eigenvalue weighted by Crippen LogP contribution is 2.39. The molecule has 6 nitrogen and oxygen atoms in total. The molecular weight excluding hydrogens is 360 g/mol. The van der Waals surface area contributed by atoms with Gasteiger partial charge in [-0.05, 0) is 17.7 Å². The monoisotopic (exact) mass is 382 g/mol. The number of ether oxygens (including phenoxy) is 1. The van der Waals surface area contributed by atoms with Gasteiger partial charge in [0.25, 0.3) is 5.91 Å². The van der Waals surface area contributed by atoms with E-state index in [4.69, 9.17) is 4.74 Å². The summed E-state index contributed by atoms with van der Waals surface area (Å²) >= 11 is 1.41. The van der Waals surface area contributed by atoms with E-state index in [2.05, 4.69) is 4.99 Å². The average Bonchev–Trinajstić information content (AvgIpc) is 3.00. The number of amidine groups is 1. The number of hydrogen-bond acceptors (Lipinski definition) is 5. The quantitative estimate of drug-likeness (QED) is 0.792. The van der Waals surface area contributed by atoms with Crippen molar-refractivity contribution in [3.05, 3.63) is 29.8 Å². The van der Waals surface area contributed by atoms with E-state index in [9.17, 15) is 13.2 Å². The molecule has 2 saturated heterocycles. The van der Waals surface area contributed by atoms with E-state index in [-0.39, 0.29) is 34.6 Å². The number of carbonyl (C=O) groups is 1. The van der Waals surface area contributed by atoms with Gasteiger partial charge in [0, 0.05) is 17.7 Å². The Labute approximate surface area is 152 Å². The Morgan fingerprint density at radius 2 is 2.16 bits per heavy atom. The van der Waals surface area contributed by atoms with E-state index in [1.54, 1.807) is 7.11 Å². The Hall–Kier alpha value is -1.54. The molecule has 0 aliphatic carbocycles. The number of rotatable bonds is 4. The highest BCUT2D eigenvalue weighted by Gasteiger charge is 2.48. The summed E-state index contributed by atoms with van der Waals surface area (Å²) in [5.74, 6) is 0.642. The van der Waals surface area contributed by atoms with Gasteiger partial charge in [0.2, 0.25) is 0 Å². The molecule has 0 N–H and O–H groups in total. The van der Waals surface area contributed by atoms with Crippen molar-refractivity contribution in [3.8, 4) is 5.75 Å². The van der Waals surface area contributed by atoms with E-state index >= 15 is 0 Å². The normalized spacial score (nSPS) is 26.2. The second kappa shape index (κ2) is 6.99. The van der Waals surface area contributed by atoms with E-state index in [0.29, 0.717) is 11.7 Å². The molecule has 2 atom stereocenters. The lowest BCUT2D eigenvalue weighted by atomic mass is 10.1. The molecule has 25 heavy (non-hydrogen) atoms. The smallest absolute Gasteiger partial charge is 0.250 e. The molecule has 1 aromatic carbocycles. The molecule has 2 heterocycles. The van der Waals surface area contributed by atoms with Crippen LogP contribution in [0.4, 0.5) is 0 Å². The Bertz CT molecular complexity index is 805. The number of sulfone groups is 1. The number of methoxy groups -OCH3 is 1. The Morgan fingerprint density at radius 1 is 1.40 bits per heavy atom. The second-order valence-corrected chi connectivity index (χ2v) is 10.0. The van der Waals surface area contributed by atoms with Gasteiger partial charge in [0.15, 0.2) is 15.0 Å². The third kappa shape index (κ3) is 4.00. The minimum atomic E-state index is -3.04. The molecule has 1 aromatic rings. The number of nitrogens with zero attached hydrogens (tertiary/aromatic N) is 2. The van der Waals surface area contributed by atoms with Crippen molar-refractivity contribution in [2.45, 2.75) is 31.7 Å². The topological polar surface area (TPSA) is 76.0 Å². The van der Waals surface area contributed by atoms with E-state index in [1.165, 1.54) is 11.8 Å². The summed E-state index contributed by atoms with van der Waals surface area (Å²) in [6, 6.07) is 7.51. The maximum atomic E-state index is 12.1. The lowest BCUT2D eigenvalue weighted by Crippen LogP contribution is -2.37. The zero-order valence-electron chi connectivity index (χ0n) is 14.5. The first kappa shape index (κ1) is 18.3. The van der Waals surface area contributed by atoms with Gasteiger partial charge in [0.1, 0.15) is 5.75 Å². The standard InChI is InChI=1S/C17H22N2O4S2/c1-11(2)16(20)18-17-19(8-12-5-4-6-13(7-12)23-3)14-9-25(21,22)10-15(14)24-17/h4-7,11,14-15H,8-10H2,1-3H3/t14-,15-/m0/s1. The first-order valence-corrected chi connectivity index (χ1v) is 10.9. The van der Waals surface area contributed by atoms with Crippen molar-refractivity contribution in [2.24, 2.45) is 10.9 Å². The molecule has 0 radical (unpaired) electrons. The largest absolute Gasteiger partial charge is 0.497 e. The highest BCUT2D eigenvalue weighted by atomic mass is 32.2. The van der Waals surface area contributed by atoms with Gasteiger partial charge >= 0.3 is 0 Å². The third-order valence-corrected chi connectivity index (χ3v) is 7.61. The molecule has 0 saturated carbocycles. The van der Waals surface area contributed by atoms with Crippen LogP contribution in [0.25, 0.3) is 0 Å². The van der Waals surface area contributed by atoms with Gasteiger partial charge in [0.05, 0.1) is 24.7 Å². The van der Waals surface area contributed by atoms with Gasteiger partial charge in [-0.25, -0.2) is 8.42 Å². The van der Waals surface area contributed by atoms with E-state index in [1.807, 2.05) is 43.0 Å². The maximum absolute atomic E-state index is 12.1. The molecule has 0 unspecified atom stereocenters. The fourth-order valence-electron chi connectivity index (χ4n) is 3.01. The number of fused-ring (bicyclic) bond motifs is 1. The lowest BCUT2D eigenvalue weighted by Gasteiger charge is -2.24. The van der Waals surface area contributed by atoms with Crippen LogP contribution in [0, 0.1) is 5.92 Å². The van der Waals surface area contributed by atoms with Crippen molar-refractivity contribution < 1.29 is 17.9 Å². The van der Waals surface area contributed by atoms with Crippen LogP contribution in [0.15, 0.2) is 29.3 Å². The SMILES string of the molecule is COc1cccc(CN2C(=NC(=O)C(C)C)S[C@H]3CS(=O)(=O)C[C@@H]32)c1. The Kier molecular flexibility index (Phi) is 5.11.